The molecule has 6 heteroatoms. The highest BCUT2D eigenvalue weighted by atomic mass is 16.3. The van der Waals surface area contributed by atoms with Gasteiger partial charge in [-0.2, -0.15) is 5.10 Å². The van der Waals surface area contributed by atoms with Gasteiger partial charge in [0.05, 0.1) is 6.10 Å². The summed E-state index contributed by atoms with van der Waals surface area (Å²) in [7, 11) is 0. The number of hydrogen-bond acceptors (Lipinski definition) is 5. The van der Waals surface area contributed by atoms with Gasteiger partial charge in [-0.25, -0.2) is 5.43 Å². The van der Waals surface area contributed by atoms with Crippen molar-refractivity contribution in [2.24, 2.45) is 5.10 Å². The van der Waals surface area contributed by atoms with E-state index in [0.29, 0.717) is 24.5 Å². The van der Waals surface area contributed by atoms with E-state index in [1.807, 2.05) is 17.0 Å². The van der Waals surface area contributed by atoms with E-state index < -0.39 is 6.10 Å². The fourth-order valence-electron chi connectivity index (χ4n) is 2.45. The van der Waals surface area contributed by atoms with Gasteiger partial charge in [0.2, 0.25) is 0 Å². The molecule has 1 aromatic rings. The van der Waals surface area contributed by atoms with E-state index in [4.69, 9.17) is 5.73 Å². The van der Waals surface area contributed by atoms with Gasteiger partial charge in [-0.3, -0.25) is 4.79 Å². The number of nitrogens with zero attached hydrogens (tertiary/aromatic N) is 2. The van der Waals surface area contributed by atoms with Crippen LogP contribution in [0.1, 0.15) is 12.0 Å². The van der Waals surface area contributed by atoms with Gasteiger partial charge in [0.1, 0.15) is 6.04 Å². The predicted octanol–water partition coefficient (Wildman–Crippen LogP) is -0.505. The molecule has 6 nitrogen and oxygen atoms in total. The van der Waals surface area contributed by atoms with Crippen LogP contribution in [0.3, 0.4) is 0 Å². The van der Waals surface area contributed by atoms with Gasteiger partial charge in [-0.05, 0) is 12.1 Å². The number of rotatable bonds is 1. The number of nitrogens with one attached hydrogen (secondary N) is 1. The number of amides is 1. The lowest BCUT2D eigenvalue weighted by atomic mass is 10.1. The fraction of sp³-hybridized carbons (Fsp3) is 0.333. The molecule has 1 aromatic carbocycles. The van der Waals surface area contributed by atoms with Gasteiger partial charge in [-0.1, -0.05) is 12.1 Å². The molecule has 0 spiro atoms. The molecule has 2 heterocycles. The van der Waals surface area contributed by atoms with E-state index in [-0.39, 0.29) is 11.9 Å². The zero-order valence-electron chi connectivity index (χ0n) is 9.71. The first-order valence-electron chi connectivity index (χ1n) is 5.83. The van der Waals surface area contributed by atoms with E-state index in [1.54, 1.807) is 12.1 Å². The van der Waals surface area contributed by atoms with E-state index in [0.717, 1.165) is 5.56 Å². The summed E-state index contributed by atoms with van der Waals surface area (Å²) in [5.74, 6) is 0.489. The van der Waals surface area contributed by atoms with E-state index in [9.17, 15) is 9.90 Å². The minimum atomic E-state index is -0.495. The minimum absolute atomic E-state index is 0.167. The molecule has 1 saturated heterocycles. The quantitative estimate of drug-likeness (QED) is 0.582. The van der Waals surface area contributed by atoms with Crippen molar-refractivity contribution >= 4 is 17.4 Å². The molecule has 3 rings (SSSR count). The molecule has 2 aliphatic heterocycles. The summed E-state index contributed by atoms with van der Waals surface area (Å²) in [5.41, 5.74) is 9.73. The number of hydrogen-bond donors (Lipinski definition) is 3. The maximum absolute atomic E-state index is 11.7. The van der Waals surface area contributed by atoms with Gasteiger partial charge in [0, 0.05) is 24.2 Å². The van der Waals surface area contributed by atoms with Crippen LogP contribution in [0.15, 0.2) is 29.4 Å². The first-order valence-corrected chi connectivity index (χ1v) is 5.83. The molecule has 0 unspecified atom stereocenters. The van der Waals surface area contributed by atoms with Crippen molar-refractivity contribution in [1.82, 2.24) is 10.3 Å². The molecule has 1 amide bonds. The van der Waals surface area contributed by atoms with Crippen LogP contribution in [-0.2, 0) is 4.79 Å². The second-order valence-corrected chi connectivity index (χ2v) is 4.59. The van der Waals surface area contributed by atoms with Crippen molar-refractivity contribution in [1.29, 1.82) is 0 Å². The maximum atomic E-state index is 11.7. The lowest BCUT2D eigenvalue weighted by Gasteiger charge is -2.30. The number of amidine groups is 1. The topological polar surface area (TPSA) is 90.9 Å². The van der Waals surface area contributed by atoms with Crippen LogP contribution in [0.25, 0.3) is 0 Å². The maximum Gasteiger partial charge on any atom is 0.262 e. The van der Waals surface area contributed by atoms with Crippen molar-refractivity contribution in [3.05, 3.63) is 29.8 Å². The summed E-state index contributed by atoms with van der Waals surface area (Å²) >= 11 is 0. The lowest BCUT2D eigenvalue weighted by Crippen LogP contribution is -2.50. The Kier molecular flexibility index (Phi) is 2.45. The largest absolute Gasteiger partial charge is 0.399 e. The average molecular weight is 246 g/mol. The average Bonchev–Trinajstić information content (AvgIpc) is 2.72. The second kappa shape index (κ2) is 3.99. The molecule has 94 valence electrons. The number of carbonyl (C=O) groups excluding carboxylic acids is 1. The molecular weight excluding hydrogens is 232 g/mol. The Morgan fingerprint density at radius 1 is 1.50 bits per heavy atom. The van der Waals surface area contributed by atoms with E-state index in [1.165, 1.54) is 0 Å². The first-order chi connectivity index (χ1) is 8.65. The normalized spacial score (nSPS) is 26.6. The summed E-state index contributed by atoms with van der Waals surface area (Å²) < 4.78 is 0. The molecule has 18 heavy (non-hydrogen) atoms. The van der Waals surface area contributed by atoms with Crippen molar-refractivity contribution in [3.8, 4) is 0 Å². The van der Waals surface area contributed by atoms with Crippen LogP contribution in [0.5, 0.6) is 0 Å². The monoisotopic (exact) mass is 246 g/mol. The third-order valence-electron chi connectivity index (χ3n) is 3.27. The first kappa shape index (κ1) is 11.0. The van der Waals surface area contributed by atoms with Gasteiger partial charge < -0.3 is 15.7 Å². The van der Waals surface area contributed by atoms with Gasteiger partial charge >= 0.3 is 0 Å². The Labute approximate surface area is 104 Å². The van der Waals surface area contributed by atoms with E-state index >= 15 is 0 Å². The third-order valence-corrected chi connectivity index (χ3v) is 3.27. The number of nitrogen functional groups attached to an aromatic ring is 1. The highest BCUT2D eigenvalue weighted by Crippen LogP contribution is 2.24. The second-order valence-electron chi connectivity index (χ2n) is 4.59. The van der Waals surface area contributed by atoms with Crippen LogP contribution in [0.2, 0.25) is 0 Å². The third kappa shape index (κ3) is 1.70. The number of nitrogens with two attached hydrogens (primary N) is 1. The highest BCUT2D eigenvalue weighted by Gasteiger charge is 2.40. The lowest BCUT2D eigenvalue weighted by molar-refractivity contribution is -0.125. The van der Waals surface area contributed by atoms with Crippen LogP contribution >= 0.6 is 0 Å². The van der Waals surface area contributed by atoms with Crippen molar-refractivity contribution in [2.45, 2.75) is 18.6 Å². The summed E-state index contributed by atoms with van der Waals surface area (Å²) in [6.45, 7) is 0.422. The van der Waals surface area contributed by atoms with Crippen LogP contribution < -0.4 is 11.2 Å². The number of aliphatic hydroxyl groups excluding tert-OH is 1. The molecule has 1 fully saturated rings. The smallest absolute Gasteiger partial charge is 0.262 e. The number of aliphatic hydroxyl groups is 1. The molecule has 0 bridgehead atoms. The standard InChI is InChI=1S/C12H14N4O2/c13-8-3-1-2-7(4-8)11-14-15-12(18)10-5-9(17)6-16(10)11/h1-4,9-10,17H,5-6,13H2,(H,15,18)/t9-,10+/m1/s1. The van der Waals surface area contributed by atoms with Crippen LogP contribution in [0.4, 0.5) is 5.69 Å². The molecule has 4 N–H and O–H groups in total. The highest BCUT2D eigenvalue weighted by molar-refractivity contribution is 6.04. The molecule has 2 aliphatic rings. The number of carbonyl (C=O) groups is 1. The number of hydrazone groups is 1. The minimum Gasteiger partial charge on any atom is -0.399 e. The van der Waals surface area contributed by atoms with Gasteiger partial charge in [-0.15, -0.1) is 0 Å². The van der Waals surface area contributed by atoms with Crippen molar-refractivity contribution in [3.63, 3.8) is 0 Å². The molecule has 0 aliphatic carbocycles. The van der Waals surface area contributed by atoms with E-state index in [2.05, 4.69) is 10.5 Å². The molecule has 0 saturated carbocycles. The predicted molar refractivity (Wildman–Crippen MR) is 66.7 cm³/mol. The SMILES string of the molecule is Nc1cccc(C2=NNC(=O)[C@@H]3C[C@@H](O)CN23)c1. The fourth-order valence-corrected chi connectivity index (χ4v) is 2.45. The summed E-state index contributed by atoms with van der Waals surface area (Å²) in [5, 5.41) is 13.8. The molecular formula is C12H14N4O2. The summed E-state index contributed by atoms with van der Waals surface area (Å²) in [6, 6.07) is 6.98. The van der Waals surface area contributed by atoms with Gasteiger partial charge in [0.15, 0.2) is 5.84 Å². The van der Waals surface area contributed by atoms with Crippen molar-refractivity contribution < 1.29 is 9.90 Å². The zero-order chi connectivity index (χ0) is 12.7. The Bertz CT molecular complexity index is 529. The van der Waals surface area contributed by atoms with Crippen LogP contribution in [0, 0.1) is 0 Å². The Morgan fingerprint density at radius 2 is 2.33 bits per heavy atom. The summed E-state index contributed by atoms with van der Waals surface area (Å²) in [4.78, 5) is 13.5. The number of anilines is 1. The Morgan fingerprint density at radius 3 is 3.11 bits per heavy atom. The molecule has 0 aromatic heterocycles. The number of benzene rings is 1. The van der Waals surface area contributed by atoms with Gasteiger partial charge in [0.25, 0.3) is 5.91 Å². The Hall–Kier alpha value is -2.08. The number of fused-ring (bicyclic) bond motifs is 1. The van der Waals surface area contributed by atoms with Crippen LogP contribution in [-0.4, -0.2) is 40.4 Å². The van der Waals surface area contributed by atoms with Crippen molar-refractivity contribution in [2.75, 3.05) is 12.3 Å². The zero-order valence-corrected chi connectivity index (χ0v) is 9.71. The Balaban J connectivity index is 1.99. The molecule has 2 atom stereocenters. The molecule has 0 radical (unpaired) electrons. The summed E-state index contributed by atoms with van der Waals surface area (Å²) in [6.07, 6.45) is -0.0576.